The monoisotopic (exact) mass is 612 g/mol. The molecule has 0 aromatic rings. The number of unbranched alkanes of at least 4 members (excludes halogenated alkanes) is 1. The average molecular weight is 613 g/mol. The minimum Gasteiger partial charge on any atom is -0.465 e. The first-order chi connectivity index (χ1) is 17.8. The number of esters is 2. The van der Waals surface area contributed by atoms with Crippen LogP contribution in [0.1, 0.15) is 92.9 Å². The van der Waals surface area contributed by atoms with Crippen LogP contribution in [0.25, 0.3) is 0 Å². The van der Waals surface area contributed by atoms with E-state index in [1.165, 1.54) is 13.8 Å². The topological polar surface area (TPSA) is 52.6 Å². The Bertz CT molecular complexity index is 766. The van der Waals surface area contributed by atoms with Gasteiger partial charge in [-0.15, -0.1) is 0 Å². The number of halogens is 11. The molecule has 4 nitrogen and oxygen atoms in total. The Morgan fingerprint density at radius 1 is 0.700 bits per heavy atom. The number of carbonyl (C=O) groups is 2. The zero-order valence-corrected chi connectivity index (χ0v) is 23.4. The van der Waals surface area contributed by atoms with Gasteiger partial charge in [0.25, 0.3) is 17.8 Å². The molecule has 240 valence electrons. The molecule has 0 aliphatic heterocycles. The molecular formula is C25H39F11O4. The summed E-state index contributed by atoms with van der Waals surface area (Å²) in [7, 11) is 0. The Kier molecular flexibility index (Phi) is 16.1. The standard InChI is InChI=1S/C16H21F11O2.C9H18O2/c1-4-11(2,3)10(28)29-6-5-12(17,18)7-13(19,20)8-14(21,22)9-15(23,24)16(25,26)27;1-4-6-7-11-9(10)8(3)5-2/h4-9H2,1-3H3;8H,4-7H2,1-3H3. The summed E-state index contributed by atoms with van der Waals surface area (Å²) in [5.74, 6) is -21.4. The molecule has 0 radical (unpaired) electrons. The first-order valence-electron chi connectivity index (χ1n) is 12.7. The molecule has 0 aliphatic carbocycles. The third-order valence-corrected chi connectivity index (χ3v) is 5.82. The van der Waals surface area contributed by atoms with Crippen LogP contribution >= 0.6 is 0 Å². The highest BCUT2D eigenvalue weighted by molar-refractivity contribution is 5.75. The molecule has 0 aromatic carbocycles. The lowest BCUT2D eigenvalue weighted by Crippen LogP contribution is -2.44. The smallest absolute Gasteiger partial charge is 0.453 e. The van der Waals surface area contributed by atoms with Crippen molar-refractivity contribution in [3.63, 3.8) is 0 Å². The highest BCUT2D eigenvalue weighted by Gasteiger charge is 2.63. The van der Waals surface area contributed by atoms with E-state index in [1.807, 2.05) is 13.8 Å². The molecule has 0 rings (SSSR count). The van der Waals surface area contributed by atoms with E-state index in [-0.39, 0.29) is 18.3 Å². The number of hydrogen-bond acceptors (Lipinski definition) is 4. The van der Waals surface area contributed by atoms with Crippen molar-refractivity contribution in [1.82, 2.24) is 0 Å². The lowest BCUT2D eigenvalue weighted by molar-refractivity contribution is -0.304. The van der Waals surface area contributed by atoms with Gasteiger partial charge in [-0.05, 0) is 33.1 Å². The minimum atomic E-state index is -6.41. The van der Waals surface area contributed by atoms with E-state index in [0.717, 1.165) is 19.3 Å². The third kappa shape index (κ3) is 16.4. The molecule has 0 amide bonds. The first-order valence-corrected chi connectivity index (χ1v) is 12.7. The second-order valence-corrected chi connectivity index (χ2v) is 10.3. The Morgan fingerprint density at radius 3 is 1.60 bits per heavy atom. The summed E-state index contributed by atoms with van der Waals surface area (Å²) in [6, 6.07) is 0. The molecule has 0 heterocycles. The number of hydrogen-bond donors (Lipinski definition) is 0. The fraction of sp³-hybridized carbons (Fsp3) is 0.920. The number of rotatable bonds is 16. The minimum absolute atomic E-state index is 0.0547. The van der Waals surface area contributed by atoms with Crippen molar-refractivity contribution in [3.8, 4) is 0 Å². The maximum absolute atomic E-state index is 13.6. The van der Waals surface area contributed by atoms with Crippen LogP contribution in [0, 0.1) is 11.3 Å². The summed E-state index contributed by atoms with van der Waals surface area (Å²) in [6.07, 6.45) is -13.5. The van der Waals surface area contributed by atoms with Crippen LogP contribution < -0.4 is 0 Å². The molecule has 1 atom stereocenters. The van der Waals surface area contributed by atoms with Gasteiger partial charge in [0.2, 0.25) is 0 Å². The first kappa shape index (κ1) is 40.3. The van der Waals surface area contributed by atoms with Gasteiger partial charge in [-0.2, -0.15) is 22.0 Å². The second kappa shape index (κ2) is 16.0. The Hall–Kier alpha value is -1.83. The van der Waals surface area contributed by atoms with Crippen molar-refractivity contribution in [2.24, 2.45) is 11.3 Å². The van der Waals surface area contributed by atoms with Crippen LogP contribution in [0.15, 0.2) is 0 Å². The summed E-state index contributed by atoms with van der Waals surface area (Å²) in [5, 5.41) is 0. The Labute approximate surface area is 227 Å². The normalized spacial score (nSPS) is 14.2. The van der Waals surface area contributed by atoms with Gasteiger partial charge in [-0.25, -0.2) is 26.3 Å². The van der Waals surface area contributed by atoms with E-state index in [4.69, 9.17) is 4.74 Å². The fourth-order valence-corrected chi connectivity index (χ4v) is 2.65. The molecule has 0 aliphatic rings. The molecule has 40 heavy (non-hydrogen) atoms. The number of carbonyl (C=O) groups excluding carboxylic acids is 2. The molecule has 0 bridgehead atoms. The van der Waals surface area contributed by atoms with Crippen molar-refractivity contribution in [3.05, 3.63) is 0 Å². The van der Waals surface area contributed by atoms with Gasteiger partial charge in [0, 0.05) is 6.42 Å². The zero-order chi connectivity index (χ0) is 32.2. The van der Waals surface area contributed by atoms with Crippen molar-refractivity contribution in [2.45, 2.75) is 123 Å². The quantitative estimate of drug-likeness (QED) is 0.0992. The molecule has 0 saturated heterocycles. The number of ether oxygens (including phenoxy) is 2. The van der Waals surface area contributed by atoms with Crippen molar-refractivity contribution in [2.75, 3.05) is 13.2 Å². The summed E-state index contributed by atoms with van der Waals surface area (Å²) >= 11 is 0. The van der Waals surface area contributed by atoms with Gasteiger partial charge >= 0.3 is 24.0 Å². The van der Waals surface area contributed by atoms with Gasteiger partial charge in [-0.3, -0.25) is 9.59 Å². The molecule has 1 unspecified atom stereocenters. The maximum Gasteiger partial charge on any atom is 0.453 e. The SMILES string of the molecule is CCC(C)(C)C(=O)OCCC(F)(F)CC(F)(F)CC(F)(F)CC(F)(F)C(F)(F)F.CCCCOC(=O)C(C)CC. The van der Waals surface area contributed by atoms with Crippen LogP contribution in [0.2, 0.25) is 0 Å². The molecule has 0 aromatic heterocycles. The van der Waals surface area contributed by atoms with Gasteiger partial charge in [0.05, 0.1) is 43.8 Å². The maximum atomic E-state index is 13.6. The number of alkyl halides is 11. The summed E-state index contributed by atoms with van der Waals surface area (Å²) in [5.41, 5.74) is -1.04. The summed E-state index contributed by atoms with van der Waals surface area (Å²) in [6.45, 7) is 9.99. The highest BCUT2D eigenvalue weighted by atomic mass is 19.4. The second-order valence-electron chi connectivity index (χ2n) is 10.3. The van der Waals surface area contributed by atoms with Gasteiger partial charge < -0.3 is 9.47 Å². The van der Waals surface area contributed by atoms with Gasteiger partial charge in [0.1, 0.15) is 0 Å². The van der Waals surface area contributed by atoms with Crippen LogP contribution in [0.4, 0.5) is 48.3 Å². The highest BCUT2D eigenvalue weighted by Crippen LogP contribution is 2.47. The van der Waals surface area contributed by atoms with E-state index < -0.39 is 73.5 Å². The molecule has 15 heteroatoms. The van der Waals surface area contributed by atoms with E-state index >= 15 is 0 Å². The predicted octanol–water partition coefficient (Wildman–Crippen LogP) is 9.01. The Morgan fingerprint density at radius 2 is 1.18 bits per heavy atom. The predicted molar refractivity (Wildman–Crippen MR) is 125 cm³/mol. The molecule has 0 fully saturated rings. The Balaban J connectivity index is 0. The summed E-state index contributed by atoms with van der Waals surface area (Å²) in [4.78, 5) is 22.6. The van der Waals surface area contributed by atoms with Crippen LogP contribution in [0.5, 0.6) is 0 Å². The third-order valence-electron chi connectivity index (χ3n) is 5.82. The lowest BCUT2D eigenvalue weighted by Gasteiger charge is -2.29. The largest absolute Gasteiger partial charge is 0.465 e. The van der Waals surface area contributed by atoms with Crippen LogP contribution in [0.3, 0.4) is 0 Å². The lowest BCUT2D eigenvalue weighted by atomic mass is 9.91. The molecule has 0 N–H and O–H groups in total. The van der Waals surface area contributed by atoms with E-state index in [9.17, 15) is 57.9 Å². The van der Waals surface area contributed by atoms with E-state index in [2.05, 4.69) is 11.7 Å². The molecule has 0 spiro atoms. The van der Waals surface area contributed by atoms with Crippen LogP contribution in [-0.2, 0) is 19.1 Å². The fourth-order valence-electron chi connectivity index (χ4n) is 2.65. The van der Waals surface area contributed by atoms with Gasteiger partial charge in [-0.1, -0.05) is 34.1 Å². The van der Waals surface area contributed by atoms with E-state index in [1.54, 1.807) is 6.92 Å². The van der Waals surface area contributed by atoms with Crippen LogP contribution in [-0.4, -0.2) is 55.0 Å². The molecule has 0 saturated carbocycles. The molecular weight excluding hydrogens is 573 g/mol. The zero-order valence-electron chi connectivity index (χ0n) is 23.4. The van der Waals surface area contributed by atoms with Crippen molar-refractivity contribution in [1.29, 1.82) is 0 Å². The average Bonchev–Trinajstić information content (AvgIpc) is 2.75. The summed E-state index contributed by atoms with van der Waals surface area (Å²) < 4.78 is 151. The van der Waals surface area contributed by atoms with Crippen molar-refractivity contribution < 1.29 is 67.4 Å². The van der Waals surface area contributed by atoms with Crippen molar-refractivity contribution >= 4 is 11.9 Å². The van der Waals surface area contributed by atoms with Gasteiger partial charge in [0.15, 0.2) is 0 Å². The van der Waals surface area contributed by atoms with E-state index in [0.29, 0.717) is 6.61 Å².